The Morgan fingerprint density at radius 2 is 1.94 bits per heavy atom. The highest BCUT2D eigenvalue weighted by Crippen LogP contribution is 2.43. The lowest BCUT2D eigenvalue weighted by atomic mass is 9.97. The van der Waals surface area contributed by atoms with E-state index in [0.717, 1.165) is 21.1 Å². The van der Waals surface area contributed by atoms with Crippen molar-refractivity contribution in [3.63, 3.8) is 0 Å². The number of halogens is 4. The Hall–Kier alpha value is -3.46. The molecule has 0 saturated carbocycles. The monoisotopic (exact) mass is 487 g/mol. The fourth-order valence-electron chi connectivity index (χ4n) is 4.34. The zero-order valence-electron chi connectivity index (χ0n) is 17.9. The van der Waals surface area contributed by atoms with Gasteiger partial charge < -0.3 is 15.6 Å². The first-order valence-electron chi connectivity index (χ1n) is 10.8. The first kappa shape index (κ1) is 22.3. The standard InChI is InChI=1S/C24H21ClF3N5O/c25-16-7-5-14(6-8-16)19-11-21(24(26,27)28)33-22(31-19)12-20(32-33)23(34)29-10-9-15-13-30-18-4-2-1-3-17(15)18/h1-8,12-13,19,21,30-31H,9-11H2,(H,29,34). The second-order valence-electron chi connectivity index (χ2n) is 8.27. The zero-order valence-corrected chi connectivity index (χ0v) is 18.6. The maximum absolute atomic E-state index is 13.9. The normalized spacial score (nSPS) is 17.9. The van der Waals surface area contributed by atoms with Crippen molar-refractivity contribution in [2.45, 2.75) is 31.1 Å². The molecule has 0 aliphatic carbocycles. The molecular weight excluding hydrogens is 467 g/mol. The van der Waals surface area contributed by atoms with Gasteiger partial charge >= 0.3 is 6.18 Å². The number of fused-ring (bicyclic) bond motifs is 2. The summed E-state index contributed by atoms with van der Waals surface area (Å²) in [5.41, 5.74) is 2.66. The summed E-state index contributed by atoms with van der Waals surface area (Å²) in [4.78, 5) is 15.9. The molecule has 2 aromatic carbocycles. The number of aromatic amines is 1. The molecule has 3 N–H and O–H groups in total. The largest absolute Gasteiger partial charge is 0.410 e. The number of hydrogen-bond donors (Lipinski definition) is 3. The predicted octanol–water partition coefficient (Wildman–Crippen LogP) is 5.65. The number of nitrogens with one attached hydrogen (secondary N) is 3. The van der Waals surface area contributed by atoms with Crippen molar-refractivity contribution in [2.24, 2.45) is 0 Å². The minimum Gasteiger partial charge on any atom is -0.363 e. The fourth-order valence-corrected chi connectivity index (χ4v) is 4.46. The van der Waals surface area contributed by atoms with Gasteiger partial charge in [-0.25, -0.2) is 4.68 Å². The quantitative estimate of drug-likeness (QED) is 0.340. The van der Waals surface area contributed by atoms with Gasteiger partial charge in [0, 0.05) is 41.2 Å². The van der Waals surface area contributed by atoms with Gasteiger partial charge in [-0.05, 0) is 35.7 Å². The van der Waals surface area contributed by atoms with Crippen LogP contribution < -0.4 is 10.6 Å². The maximum Gasteiger partial charge on any atom is 0.410 e. The molecular formula is C24H21ClF3N5O. The van der Waals surface area contributed by atoms with E-state index in [0.29, 0.717) is 23.6 Å². The minimum atomic E-state index is -4.52. The van der Waals surface area contributed by atoms with Gasteiger partial charge in [-0.15, -0.1) is 0 Å². The van der Waals surface area contributed by atoms with E-state index in [-0.39, 0.29) is 17.9 Å². The number of para-hydroxylation sites is 1. The van der Waals surface area contributed by atoms with Crippen molar-refractivity contribution in [1.82, 2.24) is 20.1 Å². The second kappa shape index (κ2) is 8.72. The van der Waals surface area contributed by atoms with Crippen LogP contribution >= 0.6 is 11.6 Å². The summed E-state index contributed by atoms with van der Waals surface area (Å²) >= 11 is 5.91. The number of benzene rings is 2. The summed E-state index contributed by atoms with van der Waals surface area (Å²) in [6.45, 7) is 0.326. The Morgan fingerprint density at radius 1 is 1.18 bits per heavy atom. The van der Waals surface area contributed by atoms with Crippen LogP contribution in [0.1, 0.15) is 40.1 Å². The van der Waals surface area contributed by atoms with E-state index < -0.39 is 24.2 Å². The molecule has 176 valence electrons. The third-order valence-electron chi connectivity index (χ3n) is 6.05. The SMILES string of the molecule is O=C(NCCc1c[nH]c2ccccc12)c1cc2n(n1)C(C(F)(F)F)CC(c1ccc(Cl)cc1)N2. The van der Waals surface area contributed by atoms with Gasteiger partial charge in [-0.3, -0.25) is 4.79 Å². The molecule has 6 nitrogen and oxygen atoms in total. The van der Waals surface area contributed by atoms with Crippen molar-refractivity contribution >= 4 is 34.2 Å². The van der Waals surface area contributed by atoms with Crippen molar-refractivity contribution in [1.29, 1.82) is 0 Å². The molecule has 1 amide bonds. The van der Waals surface area contributed by atoms with Crippen LogP contribution in [0.25, 0.3) is 10.9 Å². The number of carbonyl (C=O) groups is 1. The number of H-pyrrole nitrogens is 1. The molecule has 2 atom stereocenters. The van der Waals surface area contributed by atoms with E-state index in [1.165, 1.54) is 6.07 Å². The van der Waals surface area contributed by atoms with Crippen LogP contribution in [-0.4, -0.2) is 33.4 Å². The molecule has 2 aromatic heterocycles. The Morgan fingerprint density at radius 3 is 2.71 bits per heavy atom. The second-order valence-corrected chi connectivity index (χ2v) is 8.70. The predicted molar refractivity (Wildman–Crippen MR) is 124 cm³/mol. The molecule has 10 heteroatoms. The third-order valence-corrected chi connectivity index (χ3v) is 6.30. The fraction of sp³-hybridized carbons (Fsp3) is 0.250. The molecule has 0 bridgehead atoms. The van der Waals surface area contributed by atoms with E-state index in [1.807, 2.05) is 30.5 Å². The number of hydrogen-bond acceptors (Lipinski definition) is 3. The topological polar surface area (TPSA) is 74.7 Å². The van der Waals surface area contributed by atoms with Gasteiger partial charge in [0.2, 0.25) is 0 Å². The third kappa shape index (κ3) is 4.35. The van der Waals surface area contributed by atoms with E-state index in [1.54, 1.807) is 24.3 Å². The summed E-state index contributed by atoms with van der Waals surface area (Å²) < 4.78 is 42.4. The minimum absolute atomic E-state index is 0.0626. The highest BCUT2D eigenvalue weighted by atomic mass is 35.5. The van der Waals surface area contributed by atoms with Gasteiger partial charge in [0.05, 0.1) is 6.04 Å². The molecule has 0 fully saturated rings. The molecule has 5 rings (SSSR count). The van der Waals surface area contributed by atoms with Crippen LogP contribution in [0.5, 0.6) is 0 Å². The van der Waals surface area contributed by atoms with Crippen molar-refractivity contribution in [3.05, 3.63) is 82.6 Å². The molecule has 2 unspecified atom stereocenters. The van der Waals surface area contributed by atoms with Crippen molar-refractivity contribution in [3.8, 4) is 0 Å². The van der Waals surface area contributed by atoms with E-state index in [2.05, 4.69) is 20.7 Å². The van der Waals surface area contributed by atoms with Crippen LogP contribution in [0.2, 0.25) is 5.02 Å². The van der Waals surface area contributed by atoms with Crippen LogP contribution in [0.3, 0.4) is 0 Å². The van der Waals surface area contributed by atoms with Crippen molar-refractivity contribution < 1.29 is 18.0 Å². The molecule has 0 saturated heterocycles. The highest BCUT2D eigenvalue weighted by molar-refractivity contribution is 6.30. The molecule has 0 radical (unpaired) electrons. The van der Waals surface area contributed by atoms with Gasteiger partial charge in [0.15, 0.2) is 11.7 Å². The molecule has 3 heterocycles. The van der Waals surface area contributed by atoms with Crippen LogP contribution in [0.15, 0.2) is 60.8 Å². The summed E-state index contributed by atoms with van der Waals surface area (Å²) in [5.74, 6) is -0.372. The number of aromatic nitrogens is 3. The number of rotatable bonds is 5. The van der Waals surface area contributed by atoms with E-state index in [9.17, 15) is 18.0 Å². The lowest BCUT2D eigenvalue weighted by Crippen LogP contribution is -2.35. The Bertz CT molecular complexity index is 1330. The summed E-state index contributed by atoms with van der Waals surface area (Å²) in [6, 6.07) is 13.4. The van der Waals surface area contributed by atoms with Crippen molar-refractivity contribution in [2.75, 3.05) is 11.9 Å². The first-order chi connectivity index (χ1) is 16.3. The van der Waals surface area contributed by atoms with Crippen LogP contribution in [-0.2, 0) is 6.42 Å². The van der Waals surface area contributed by atoms with E-state index in [4.69, 9.17) is 11.6 Å². The van der Waals surface area contributed by atoms with Gasteiger partial charge in [0.1, 0.15) is 5.82 Å². The molecule has 4 aromatic rings. The van der Waals surface area contributed by atoms with Gasteiger partial charge in [-0.2, -0.15) is 18.3 Å². The summed E-state index contributed by atoms with van der Waals surface area (Å²) in [6.07, 6.45) is -2.30. The maximum atomic E-state index is 13.9. The lowest BCUT2D eigenvalue weighted by Gasteiger charge is -2.33. The average molecular weight is 488 g/mol. The van der Waals surface area contributed by atoms with Gasteiger partial charge in [0.25, 0.3) is 5.91 Å². The highest BCUT2D eigenvalue weighted by Gasteiger charge is 2.46. The Labute approximate surface area is 198 Å². The van der Waals surface area contributed by atoms with Crippen LogP contribution in [0, 0.1) is 0 Å². The Kier molecular flexibility index (Phi) is 5.73. The number of alkyl halides is 3. The average Bonchev–Trinajstić information content (AvgIpc) is 3.42. The van der Waals surface area contributed by atoms with Crippen LogP contribution in [0.4, 0.5) is 19.0 Å². The number of carbonyl (C=O) groups excluding carboxylic acids is 1. The van der Waals surface area contributed by atoms with Gasteiger partial charge in [-0.1, -0.05) is 41.9 Å². The molecule has 0 spiro atoms. The number of amides is 1. The molecule has 34 heavy (non-hydrogen) atoms. The number of nitrogens with zero attached hydrogens (tertiary/aromatic N) is 2. The molecule has 1 aliphatic rings. The number of anilines is 1. The Balaban J connectivity index is 1.32. The zero-order chi connectivity index (χ0) is 23.9. The first-order valence-corrected chi connectivity index (χ1v) is 11.2. The molecule has 1 aliphatic heterocycles. The summed E-state index contributed by atoms with van der Waals surface area (Å²) in [5, 5.41) is 11.4. The summed E-state index contributed by atoms with van der Waals surface area (Å²) in [7, 11) is 0. The van der Waals surface area contributed by atoms with E-state index >= 15 is 0 Å². The smallest absolute Gasteiger partial charge is 0.363 e. The lowest BCUT2D eigenvalue weighted by molar-refractivity contribution is -0.173.